The molecule has 0 aliphatic carbocycles. The van der Waals surface area contributed by atoms with Gasteiger partial charge in [0.05, 0.1) is 0 Å². The highest BCUT2D eigenvalue weighted by Crippen LogP contribution is 2.33. The van der Waals surface area contributed by atoms with E-state index in [0.717, 1.165) is 12.8 Å². The van der Waals surface area contributed by atoms with Crippen LogP contribution in [-0.4, -0.2) is 47.9 Å². The molecular formula is C16H24N4O3. The molecule has 1 aromatic rings. The van der Waals surface area contributed by atoms with Crippen molar-refractivity contribution >= 4 is 23.5 Å². The topological polar surface area (TPSA) is 88.8 Å². The smallest absolute Gasteiger partial charge is 0.269 e. The van der Waals surface area contributed by atoms with Crippen molar-refractivity contribution in [1.29, 1.82) is 0 Å². The molecule has 126 valence electrons. The maximum Gasteiger partial charge on any atom is 0.269 e. The summed E-state index contributed by atoms with van der Waals surface area (Å²) in [4.78, 5) is 32.1. The molecule has 0 saturated heterocycles. The average molecular weight is 320 g/mol. The van der Waals surface area contributed by atoms with Gasteiger partial charge in [-0.1, -0.05) is 20.3 Å². The molecule has 1 aliphatic rings. The van der Waals surface area contributed by atoms with E-state index in [1.807, 2.05) is 6.92 Å². The lowest BCUT2D eigenvalue weighted by Crippen LogP contribution is -2.50. The number of nitrogens with zero attached hydrogens (tertiary/aromatic N) is 3. The zero-order valence-corrected chi connectivity index (χ0v) is 13.9. The molecule has 0 fully saturated rings. The largest absolute Gasteiger partial charge is 0.477 e. The number of pyridine rings is 1. The summed E-state index contributed by atoms with van der Waals surface area (Å²) in [5.74, 6) is 0.701. The number of rotatable bonds is 6. The maximum atomic E-state index is 12.6. The van der Waals surface area contributed by atoms with Crippen LogP contribution in [0.5, 0.6) is 5.75 Å². The van der Waals surface area contributed by atoms with E-state index in [-0.39, 0.29) is 24.2 Å². The van der Waals surface area contributed by atoms with Gasteiger partial charge in [0.1, 0.15) is 12.4 Å². The summed E-state index contributed by atoms with van der Waals surface area (Å²) in [5, 5.41) is 0. The molecule has 0 radical (unpaired) electrons. The van der Waals surface area contributed by atoms with E-state index in [4.69, 9.17) is 10.5 Å². The Kier molecular flexibility index (Phi) is 5.41. The highest BCUT2D eigenvalue weighted by atomic mass is 16.5. The first-order chi connectivity index (χ1) is 11.0. The summed E-state index contributed by atoms with van der Waals surface area (Å²) in [7, 11) is 1.74. The molecule has 1 aromatic heterocycles. The van der Waals surface area contributed by atoms with Crippen molar-refractivity contribution in [3.8, 4) is 5.75 Å². The van der Waals surface area contributed by atoms with Crippen molar-refractivity contribution in [2.45, 2.75) is 39.2 Å². The zero-order valence-electron chi connectivity index (χ0n) is 13.9. The third-order valence-electron chi connectivity index (χ3n) is 3.86. The van der Waals surface area contributed by atoms with Crippen molar-refractivity contribution in [3.05, 3.63) is 12.1 Å². The van der Waals surface area contributed by atoms with Crippen LogP contribution in [0.1, 0.15) is 33.1 Å². The average Bonchev–Trinajstić information content (AvgIpc) is 2.54. The summed E-state index contributed by atoms with van der Waals surface area (Å²) in [6.07, 6.45) is 1.87. The highest BCUT2D eigenvalue weighted by molar-refractivity contribution is 6.03. The molecule has 2 N–H and O–H groups in total. The Morgan fingerprint density at radius 1 is 1.43 bits per heavy atom. The van der Waals surface area contributed by atoms with E-state index in [1.54, 1.807) is 24.1 Å². The van der Waals surface area contributed by atoms with Gasteiger partial charge in [-0.05, 0) is 25.0 Å². The van der Waals surface area contributed by atoms with Gasteiger partial charge in [0.2, 0.25) is 5.91 Å². The monoisotopic (exact) mass is 320 g/mol. The van der Waals surface area contributed by atoms with Crippen molar-refractivity contribution in [3.63, 3.8) is 0 Å². The molecule has 0 bridgehead atoms. The van der Waals surface area contributed by atoms with Crippen molar-refractivity contribution < 1.29 is 14.3 Å². The van der Waals surface area contributed by atoms with Crippen LogP contribution in [0.25, 0.3) is 0 Å². The summed E-state index contributed by atoms with van der Waals surface area (Å²) in [6.45, 7) is 4.55. The first-order valence-corrected chi connectivity index (χ1v) is 7.96. The second-order valence-electron chi connectivity index (χ2n) is 5.67. The third kappa shape index (κ3) is 3.72. The number of hydrogen-bond donors (Lipinski definition) is 1. The number of carbonyl (C=O) groups is 2. The number of aromatic nitrogens is 1. The summed E-state index contributed by atoms with van der Waals surface area (Å²) in [5.41, 5.74) is 5.71. The van der Waals surface area contributed by atoms with Gasteiger partial charge >= 0.3 is 0 Å². The van der Waals surface area contributed by atoms with Crippen LogP contribution in [0, 0.1) is 0 Å². The van der Waals surface area contributed by atoms with Crippen LogP contribution in [0.2, 0.25) is 0 Å². The van der Waals surface area contributed by atoms with E-state index in [2.05, 4.69) is 11.9 Å². The van der Waals surface area contributed by atoms with E-state index >= 15 is 0 Å². The molecule has 7 nitrogen and oxygen atoms in total. The fraction of sp³-hybridized carbons (Fsp3) is 0.562. The second-order valence-corrected chi connectivity index (χ2v) is 5.67. The van der Waals surface area contributed by atoms with Crippen LogP contribution >= 0.6 is 0 Å². The minimum atomic E-state index is -0.596. The van der Waals surface area contributed by atoms with Crippen LogP contribution in [0.15, 0.2) is 12.1 Å². The minimum absolute atomic E-state index is 0.0532. The predicted molar refractivity (Wildman–Crippen MR) is 88.3 cm³/mol. The van der Waals surface area contributed by atoms with Crippen LogP contribution in [-0.2, 0) is 9.59 Å². The minimum Gasteiger partial charge on any atom is -0.477 e. The van der Waals surface area contributed by atoms with Gasteiger partial charge in [0.15, 0.2) is 17.7 Å². The fourth-order valence-electron chi connectivity index (χ4n) is 2.40. The van der Waals surface area contributed by atoms with Gasteiger partial charge < -0.3 is 15.4 Å². The van der Waals surface area contributed by atoms with Gasteiger partial charge in [-0.25, -0.2) is 4.98 Å². The van der Waals surface area contributed by atoms with Gasteiger partial charge in [-0.15, -0.1) is 0 Å². The number of anilines is 2. The number of hydrogen-bond acceptors (Lipinski definition) is 5. The first kappa shape index (κ1) is 17.1. The molecular weight excluding hydrogens is 296 g/mol. The number of fused-ring (bicyclic) bond motifs is 1. The first-order valence-electron chi connectivity index (χ1n) is 7.96. The number of nitrogen functional groups attached to an aromatic ring is 1. The van der Waals surface area contributed by atoms with E-state index in [1.165, 1.54) is 4.90 Å². The van der Waals surface area contributed by atoms with Crippen molar-refractivity contribution in [2.75, 3.05) is 30.8 Å². The molecule has 1 unspecified atom stereocenters. The number of likely N-dealkylation sites (N-methyl/N-ethyl adjacent to an activating group) is 1. The Balaban J connectivity index is 2.23. The summed E-state index contributed by atoms with van der Waals surface area (Å²) >= 11 is 0. The number of nitrogens with two attached hydrogens (primary N) is 1. The SMILES string of the molecule is CCCCN(C)C(=O)CN1C(=O)C(CC)Oc2ccc(N)nc21. The highest BCUT2D eigenvalue weighted by Gasteiger charge is 2.36. The lowest BCUT2D eigenvalue weighted by molar-refractivity contribution is -0.132. The van der Waals surface area contributed by atoms with Crippen LogP contribution in [0.4, 0.5) is 11.6 Å². The molecule has 7 heteroatoms. The molecule has 23 heavy (non-hydrogen) atoms. The van der Waals surface area contributed by atoms with Crippen LogP contribution in [0.3, 0.4) is 0 Å². The molecule has 0 saturated carbocycles. The van der Waals surface area contributed by atoms with Crippen LogP contribution < -0.4 is 15.4 Å². The van der Waals surface area contributed by atoms with Gasteiger partial charge in [0, 0.05) is 13.6 Å². The van der Waals surface area contributed by atoms with Gasteiger partial charge in [-0.2, -0.15) is 0 Å². The third-order valence-corrected chi connectivity index (χ3v) is 3.86. The summed E-state index contributed by atoms with van der Waals surface area (Å²) in [6, 6.07) is 3.31. The number of ether oxygens (including phenoxy) is 1. The summed E-state index contributed by atoms with van der Waals surface area (Å²) < 4.78 is 5.65. The Bertz CT molecular complexity index is 591. The Labute approximate surface area is 136 Å². The number of unbranched alkanes of at least 4 members (excludes halogenated alkanes) is 1. The lowest BCUT2D eigenvalue weighted by atomic mass is 10.2. The maximum absolute atomic E-state index is 12.6. The molecule has 1 atom stereocenters. The normalized spacial score (nSPS) is 16.7. The molecule has 2 amide bonds. The number of carbonyl (C=O) groups excluding carboxylic acids is 2. The van der Waals surface area contributed by atoms with E-state index in [0.29, 0.717) is 24.5 Å². The Morgan fingerprint density at radius 2 is 2.17 bits per heavy atom. The van der Waals surface area contributed by atoms with Crippen molar-refractivity contribution in [1.82, 2.24) is 9.88 Å². The quantitative estimate of drug-likeness (QED) is 0.856. The van der Waals surface area contributed by atoms with Gasteiger partial charge in [-0.3, -0.25) is 14.5 Å². The molecule has 2 heterocycles. The molecule has 1 aliphatic heterocycles. The lowest BCUT2D eigenvalue weighted by Gasteiger charge is -2.33. The van der Waals surface area contributed by atoms with E-state index in [9.17, 15) is 9.59 Å². The number of amides is 2. The molecule has 2 rings (SSSR count). The van der Waals surface area contributed by atoms with E-state index < -0.39 is 6.10 Å². The Morgan fingerprint density at radius 3 is 2.83 bits per heavy atom. The predicted octanol–water partition coefficient (Wildman–Crippen LogP) is 1.43. The standard InChI is InChI=1S/C16H24N4O3/c1-4-6-9-19(3)14(21)10-20-15-12(7-8-13(17)18-15)23-11(5-2)16(20)22/h7-8,11H,4-6,9-10H2,1-3H3,(H2,17,18). The fourth-order valence-corrected chi connectivity index (χ4v) is 2.40. The Hall–Kier alpha value is -2.31. The zero-order chi connectivity index (χ0) is 17.0. The molecule has 0 aromatic carbocycles. The van der Waals surface area contributed by atoms with Crippen molar-refractivity contribution in [2.24, 2.45) is 0 Å². The van der Waals surface area contributed by atoms with Gasteiger partial charge in [0.25, 0.3) is 5.91 Å². The second kappa shape index (κ2) is 7.30. The molecule has 0 spiro atoms.